The first kappa shape index (κ1) is 24.6. The molecule has 0 aromatic heterocycles. The van der Waals surface area contributed by atoms with Crippen LogP contribution in [0.25, 0.3) is 0 Å². The number of carbonyl (C=O) groups excluding carboxylic acids is 1. The molecule has 7 heteroatoms. The molecule has 1 N–H and O–H groups in total. The van der Waals surface area contributed by atoms with E-state index in [0.29, 0.717) is 23.9 Å². The van der Waals surface area contributed by atoms with Crippen molar-refractivity contribution < 1.29 is 9.53 Å². The van der Waals surface area contributed by atoms with Crippen molar-refractivity contribution >= 4 is 39.1 Å². The molecule has 1 heterocycles. The van der Waals surface area contributed by atoms with Crippen LogP contribution in [0.1, 0.15) is 17.5 Å². The number of rotatable bonds is 5. The van der Waals surface area contributed by atoms with Crippen molar-refractivity contribution in [1.82, 2.24) is 9.80 Å². The van der Waals surface area contributed by atoms with Crippen molar-refractivity contribution in [3.8, 4) is 5.75 Å². The van der Waals surface area contributed by atoms with Crippen LogP contribution in [-0.4, -0.2) is 48.5 Å². The zero-order valence-corrected chi connectivity index (χ0v) is 21.4. The van der Waals surface area contributed by atoms with Crippen molar-refractivity contribution in [1.29, 1.82) is 0 Å². The molecule has 0 spiro atoms. The molecule has 1 aliphatic rings. The summed E-state index contributed by atoms with van der Waals surface area (Å²) in [5.74, 6) is 0.589. The highest BCUT2D eigenvalue weighted by atomic mass is 79.9. The third-order valence-electron chi connectivity index (χ3n) is 5.86. The molecule has 0 radical (unpaired) electrons. The molecule has 3 aromatic rings. The predicted octanol–water partition coefficient (Wildman–Crippen LogP) is 5.83. The molecule has 0 saturated carbocycles. The van der Waals surface area contributed by atoms with Gasteiger partial charge in [0.05, 0.1) is 0 Å². The molecular formula is C27H29BrClN3O2. The van der Waals surface area contributed by atoms with Gasteiger partial charge in [0.1, 0.15) is 5.75 Å². The summed E-state index contributed by atoms with van der Waals surface area (Å²) in [4.78, 5) is 17.6. The molecule has 0 bridgehead atoms. The Labute approximate surface area is 214 Å². The van der Waals surface area contributed by atoms with Crippen LogP contribution in [0.15, 0.2) is 77.3 Å². The lowest BCUT2D eigenvalue weighted by Crippen LogP contribution is -2.40. The number of fused-ring (bicyclic) bond motifs is 1. The van der Waals surface area contributed by atoms with Crippen LogP contribution in [0, 0.1) is 0 Å². The highest BCUT2D eigenvalue weighted by Gasteiger charge is 2.19. The molecule has 34 heavy (non-hydrogen) atoms. The van der Waals surface area contributed by atoms with Crippen molar-refractivity contribution in [2.75, 3.05) is 38.1 Å². The lowest BCUT2D eigenvalue weighted by molar-refractivity contribution is -0.134. The number of halogens is 2. The second kappa shape index (κ2) is 12.2. The van der Waals surface area contributed by atoms with E-state index in [-0.39, 0.29) is 12.5 Å². The first-order valence-electron chi connectivity index (χ1n) is 11.5. The second-order valence-corrected chi connectivity index (χ2v) is 9.75. The van der Waals surface area contributed by atoms with E-state index in [1.807, 2.05) is 17.0 Å². The maximum atomic E-state index is 13.3. The van der Waals surface area contributed by atoms with Gasteiger partial charge < -0.3 is 15.0 Å². The normalized spacial score (nSPS) is 15.1. The summed E-state index contributed by atoms with van der Waals surface area (Å²) in [5, 5.41) is 4.20. The third-order valence-corrected chi connectivity index (χ3v) is 6.60. The molecular weight excluding hydrogens is 514 g/mol. The summed E-state index contributed by atoms with van der Waals surface area (Å²) in [5.41, 5.74) is 3.43. The SMILES string of the molecule is O=C(COc1ccc(Cl)cc1)N1CCN(Cc2ccccc2)CCCNc2ccc(Br)cc2C1. The molecule has 0 saturated heterocycles. The zero-order chi connectivity index (χ0) is 23.8. The fourth-order valence-corrected chi connectivity index (χ4v) is 4.56. The minimum Gasteiger partial charge on any atom is -0.484 e. The standard InChI is InChI=1S/C27H29BrClN3O2/c28-23-7-12-26-22(17-23)19-32(27(33)20-34-25-10-8-24(29)9-11-25)16-15-31(14-4-13-30-26)18-21-5-2-1-3-6-21/h1-3,5-12,17,30H,4,13-16,18-20H2. The zero-order valence-electron chi connectivity index (χ0n) is 19.1. The van der Waals surface area contributed by atoms with Crippen molar-refractivity contribution in [3.05, 3.63) is 93.4 Å². The van der Waals surface area contributed by atoms with E-state index in [4.69, 9.17) is 16.3 Å². The Bertz CT molecular complexity index is 1080. The van der Waals surface area contributed by atoms with Gasteiger partial charge in [0.2, 0.25) is 0 Å². The highest BCUT2D eigenvalue weighted by Crippen LogP contribution is 2.24. The lowest BCUT2D eigenvalue weighted by Gasteiger charge is -2.28. The van der Waals surface area contributed by atoms with E-state index >= 15 is 0 Å². The van der Waals surface area contributed by atoms with E-state index in [0.717, 1.165) is 48.3 Å². The molecule has 0 atom stereocenters. The molecule has 0 fully saturated rings. The van der Waals surface area contributed by atoms with Crippen LogP contribution in [-0.2, 0) is 17.9 Å². The van der Waals surface area contributed by atoms with Crippen LogP contribution in [0.2, 0.25) is 5.02 Å². The molecule has 1 amide bonds. The Hall–Kier alpha value is -2.54. The average Bonchev–Trinajstić information content (AvgIpc) is 2.88. The summed E-state index contributed by atoms with van der Waals surface area (Å²) >= 11 is 9.54. The molecule has 0 unspecified atom stereocenters. The second-order valence-electron chi connectivity index (χ2n) is 8.40. The van der Waals surface area contributed by atoms with Gasteiger partial charge in [-0.15, -0.1) is 0 Å². The summed E-state index contributed by atoms with van der Waals surface area (Å²) in [6.45, 7) is 4.63. The van der Waals surface area contributed by atoms with E-state index in [1.165, 1.54) is 5.56 Å². The molecule has 4 rings (SSSR count). The first-order valence-corrected chi connectivity index (χ1v) is 12.7. The third kappa shape index (κ3) is 7.23. The number of carbonyl (C=O) groups is 1. The number of hydrogen-bond donors (Lipinski definition) is 1. The van der Waals surface area contributed by atoms with Gasteiger partial charge in [-0.25, -0.2) is 0 Å². The Kier molecular flexibility index (Phi) is 8.85. The van der Waals surface area contributed by atoms with Gasteiger partial charge in [0.15, 0.2) is 6.61 Å². The fourth-order valence-electron chi connectivity index (χ4n) is 4.03. The summed E-state index contributed by atoms with van der Waals surface area (Å²) in [6.07, 6.45) is 1.02. The molecule has 0 aliphatic carbocycles. The van der Waals surface area contributed by atoms with Crippen molar-refractivity contribution in [2.24, 2.45) is 0 Å². The number of amides is 1. The van der Waals surface area contributed by atoms with Crippen LogP contribution < -0.4 is 10.1 Å². The number of nitrogens with zero attached hydrogens (tertiary/aromatic N) is 2. The Morgan fingerprint density at radius 3 is 2.59 bits per heavy atom. The topological polar surface area (TPSA) is 44.8 Å². The molecule has 178 valence electrons. The van der Waals surface area contributed by atoms with Crippen LogP contribution in [0.3, 0.4) is 0 Å². The van der Waals surface area contributed by atoms with Crippen LogP contribution in [0.4, 0.5) is 5.69 Å². The van der Waals surface area contributed by atoms with Gasteiger partial charge in [-0.2, -0.15) is 0 Å². The van der Waals surface area contributed by atoms with Crippen LogP contribution in [0.5, 0.6) is 5.75 Å². The highest BCUT2D eigenvalue weighted by molar-refractivity contribution is 9.10. The first-order chi connectivity index (χ1) is 16.6. The number of hydrogen-bond acceptors (Lipinski definition) is 4. The fraction of sp³-hybridized carbons (Fsp3) is 0.296. The van der Waals surface area contributed by atoms with Crippen LogP contribution >= 0.6 is 27.5 Å². The van der Waals surface area contributed by atoms with Gasteiger partial charge >= 0.3 is 0 Å². The number of ether oxygens (including phenoxy) is 1. The van der Waals surface area contributed by atoms with Gasteiger partial charge in [-0.3, -0.25) is 9.69 Å². The van der Waals surface area contributed by atoms with Crippen molar-refractivity contribution in [3.63, 3.8) is 0 Å². The summed E-state index contributed by atoms with van der Waals surface area (Å²) in [7, 11) is 0. The van der Waals surface area contributed by atoms with E-state index in [1.54, 1.807) is 24.3 Å². The maximum Gasteiger partial charge on any atom is 0.260 e. The minimum atomic E-state index is -0.0419. The van der Waals surface area contributed by atoms with E-state index < -0.39 is 0 Å². The monoisotopic (exact) mass is 541 g/mol. The number of nitrogens with one attached hydrogen (secondary N) is 1. The Morgan fingerprint density at radius 1 is 1.00 bits per heavy atom. The summed E-state index contributed by atoms with van der Waals surface area (Å²) < 4.78 is 6.77. The molecule has 3 aromatic carbocycles. The number of benzene rings is 3. The molecule has 5 nitrogen and oxygen atoms in total. The largest absolute Gasteiger partial charge is 0.484 e. The van der Waals surface area contributed by atoms with Gasteiger partial charge in [0.25, 0.3) is 5.91 Å². The smallest absolute Gasteiger partial charge is 0.260 e. The van der Waals surface area contributed by atoms with Crippen molar-refractivity contribution in [2.45, 2.75) is 19.5 Å². The summed E-state index contributed by atoms with van der Waals surface area (Å²) in [6, 6.07) is 23.8. The predicted molar refractivity (Wildman–Crippen MR) is 141 cm³/mol. The average molecular weight is 543 g/mol. The maximum absolute atomic E-state index is 13.3. The lowest BCUT2D eigenvalue weighted by atomic mass is 10.1. The quantitative estimate of drug-likeness (QED) is 0.441. The van der Waals surface area contributed by atoms with E-state index in [2.05, 4.69) is 62.5 Å². The Morgan fingerprint density at radius 2 is 1.79 bits per heavy atom. The minimum absolute atomic E-state index is 0.0168. The van der Waals surface area contributed by atoms with Gasteiger partial charge in [-0.1, -0.05) is 57.9 Å². The Balaban J connectivity index is 1.50. The van der Waals surface area contributed by atoms with E-state index in [9.17, 15) is 4.79 Å². The molecule has 1 aliphatic heterocycles. The number of anilines is 1. The van der Waals surface area contributed by atoms with Gasteiger partial charge in [-0.05, 0) is 60.0 Å². The van der Waals surface area contributed by atoms with Gasteiger partial charge in [0, 0.05) is 54.5 Å².